The first-order valence-corrected chi connectivity index (χ1v) is 10.6. The number of benzene rings is 2. The van der Waals surface area contributed by atoms with Crippen LogP contribution < -0.4 is 5.32 Å². The molecule has 1 aliphatic heterocycles. The van der Waals surface area contributed by atoms with Crippen LogP contribution in [0.25, 0.3) is 5.69 Å². The molecule has 2 aromatic carbocycles. The maximum Gasteiger partial charge on any atom is 0.434 e. The summed E-state index contributed by atoms with van der Waals surface area (Å²) in [5.74, 6) is -0.781. The Kier molecular flexibility index (Phi) is 6.26. The quantitative estimate of drug-likeness (QED) is 0.573. The van der Waals surface area contributed by atoms with Gasteiger partial charge in [-0.05, 0) is 43.2 Å². The highest BCUT2D eigenvalue weighted by molar-refractivity contribution is 6.30. The number of alkyl halides is 3. The number of carbonyl (C=O) groups excluding carboxylic acids is 1. The van der Waals surface area contributed by atoms with E-state index >= 15 is 0 Å². The molecule has 0 spiro atoms. The molecule has 2 heterocycles. The third-order valence-electron chi connectivity index (χ3n) is 5.74. The van der Waals surface area contributed by atoms with Gasteiger partial charge in [-0.2, -0.15) is 18.3 Å². The van der Waals surface area contributed by atoms with Crippen LogP contribution in [0.5, 0.6) is 0 Å². The Hall–Kier alpha value is -2.84. The fraction of sp³-hybridized carbons (Fsp3) is 0.304. The summed E-state index contributed by atoms with van der Waals surface area (Å²) in [6, 6.07) is 15.7. The maximum absolute atomic E-state index is 13.9. The molecule has 32 heavy (non-hydrogen) atoms. The third-order valence-corrected chi connectivity index (χ3v) is 5.99. The molecular weight excluding hydrogens is 441 g/mol. The van der Waals surface area contributed by atoms with Crippen LogP contribution in [0.4, 0.5) is 13.2 Å². The molecule has 5 nitrogen and oxygen atoms in total. The normalized spacial score (nSPS) is 18.0. The molecule has 1 amide bonds. The van der Waals surface area contributed by atoms with Crippen LogP contribution in [-0.4, -0.2) is 39.7 Å². The first-order valence-electron chi connectivity index (χ1n) is 10.2. The van der Waals surface area contributed by atoms with Crippen LogP contribution in [0.1, 0.15) is 41.0 Å². The van der Waals surface area contributed by atoms with Crippen LogP contribution in [0.15, 0.2) is 60.8 Å². The summed E-state index contributed by atoms with van der Waals surface area (Å²) in [6.07, 6.45) is -3.13. The van der Waals surface area contributed by atoms with Crippen LogP contribution in [0.2, 0.25) is 5.02 Å². The predicted molar refractivity (Wildman–Crippen MR) is 116 cm³/mol. The van der Waals surface area contributed by atoms with Gasteiger partial charge >= 0.3 is 6.18 Å². The van der Waals surface area contributed by atoms with E-state index in [1.165, 1.54) is 24.3 Å². The number of hydrogen-bond donors (Lipinski definition) is 1. The van der Waals surface area contributed by atoms with Gasteiger partial charge < -0.3 is 5.32 Å². The lowest BCUT2D eigenvalue weighted by atomic mass is 10.1. The van der Waals surface area contributed by atoms with Gasteiger partial charge in [0.1, 0.15) is 0 Å². The number of likely N-dealkylation sites (tertiary alicyclic amines) is 1. The van der Waals surface area contributed by atoms with Gasteiger partial charge in [-0.25, -0.2) is 4.68 Å². The molecule has 1 N–H and O–H groups in total. The van der Waals surface area contributed by atoms with E-state index in [-0.39, 0.29) is 17.8 Å². The fourth-order valence-corrected chi connectivity index (χ4v) is 4.15. The molecule has 2 unspecified atom stereocenters. The molecule has 168 valence electrons. The largest absolute Gasteiger partial charge is 0.434 e. The first-order chi connectivity index (χ1) is 15.2. The molecule has 9 heteroatoms. The Morgan fingerprint density at radius 2 is 1.84 bits per heavy atom. The predicted octanol–water partition coefficient (Wildman–Crippen LogP) is 5.11. The van der Waals surface area contributed by atoms with Gasteiger partial charge in [0.05, 0.1) is 17.4 Å². The highest BCUT2D eigenvalue weighted by atomic mass is 35.5. The average Bonchev–Trinajstić information content (AvgIpc) is 3.42. The van der Waals surface area contributed by atoms with Gasteiger partial charge in [-0.1, -0.05) is 41.9 Å². The molecular formula is C23H22ClF3N4O. The highest BCUT2D eigenvalue weighted by Gasteiger charge is 2.41. The van der Waals surface area contributed by atoms with Crippen molar-refractivity contribution in [2.45, 2.75) is 31.6 Å². The third kappa shape index (κ3) is 4.66. The minimum Gasteiger partial charge on any atom is -0.348 e. The number of carbonyl (C=O) groups is 1. The van der Waals surface area contributed by atoms with Crippen molar-refractivity contribution in [2.75, 3.05) is 13.1 Å². The monoisotopic (exact) mass is 462 g/mol. The zero-order valence-electron chi connectivity index (χ0n) is 17.3. The average molecular weight is 463 g/mol. The van der Waals surface area contributed by atoms with Crippen molar-refractivity contribution in [3.05, 3.63) is 82.6 Å². The molecule has 1 saturated heterocycles. The topological polar surface area (TPSA) is 50.2 Å². The summed E-state index contributed by atoms with van der Waals surface area (Å²) in [5.41, 5.74) is -0.278. The second-order valence-electron chi connectivity index (χ2n) is 7.83. The zero-order chi connectivity index (χ0) is 22.9. The lowest BCUT2D eigenvalue weighted by Crippen LogP contribution is -2.38. The molecule has 2 atom stereocenters. The Bertz CT molecular complexity index is 1080. The van der Waals surface area contributed by atoms with Crippen LogP contribution in [0.3, 0.4) is 0 Å². The molecule has 0 bridgehead atoms. The summed E-state index contributed by atoms with van der Waals surface area (Å²) in [7, 11) is 0. The fourth-order valence-electron chi connectivity index (χ4n) is 4.03. The number of halogens is 4. The maximum atomic E-state index is 13.9. The lowest BCUT2D eigenvalue weighted by Gasteiger charge is -2.24. The SMILES string of the molecule is CC(c1ccccc1)N1CCC(NC(=O)c2cnn(-c3ccc(Cl)cc3)c2C(F)(F)F)C1. The molecule has 3 aromatic rings. The van der Waals surface area contributed by atoms with Gasteiger partial charge in [0.25, 0.3) is 5.91 Å². The molecule has 0 radical (unpaired) electrons. The van der Waals surface area contributed by atoms with Gasteiger partial charge in [0.2, 0.25) is 0 Å². The van der Waals surface area contributed by atoms with E-state index in [0.29, 0.717) is 18.0 Å². The molecule has 1 aromatic heterocycles. The van der Waals surface area contributed by atoms with Crippen molar-refractivity contribution in [1.29, 1.82) is 0 Å². The number of amides is 1. The number of aromatic nitrogens is 2. The minimum atomic E-state index is -4.76. The van der Waals surface area contributed by atoms with Gasteiger partial charge in [-0.3, -0.25) is 9.69 Å². The lowest BCUT2D eigenvalue weighted by molar-refractivity contribution is -0.143. The summed E-state index contributed by atoms with van der Waals surface area (Å²) in [5, 5.41) is 7.00. The highest BCUT2D eigenvalue weighted by Crippen LogP contribution is 2.34. The van der Waals surface area contributed by atoms with Crippen molar-refractivity contribution in [3.8, 4) is 5.69 Å². The van der Waals surface area contributed by atoms with Crippen molar-refractivity contribution < 1.29 is 18.0 Å². The van der Waals surface area contributed by atoms with Crippen LogP contribution in [-0.2, 0) is 6.18 Å². The van der Waals surface area contributed by atoms with Gasteiger partial charge in [-0.15, -0.1) is 0 Å². The molecule has 0 saturated carbocycles. The van der Waals surface area contributed by atoms with Crippen LogP contribution in [0, 0.1) is 0 Å². The minimum absolute atomic E-state index is 0.150. The van der Waals surface area contributed by atoms with E-state index in [1.54, 1.807) is 0 Å². The molecule has 0 aliphatic carbocycles. The van der Waals surface area contributed by atoms with Gasteiger partial charge in [0, 0.05) is 30.2 Å². The van der Waals surface area contributed by atoms with Crippen molar-refractivity contribution in [2.24, 2.45) is 0 Å². The number of rotatable bonds is 5. The summed E-state index contributed by atoms with van der Waals surface area (Å²) in [6.45, 7) is 3.39. The Labute approximate surface area is 188 Å². The first kappa shape index (κ1) is 22.4. The number of hydrogen-bond acceptors (Lipinski definition) is 3. The zero-order valence-corrected chi connectivity index (χ0v) is 18.1. The van der Waals surface area contributed by atoms with Crippen molar-refractivity contribution in [1.82, 2.24) is 20.0 Å². The summed E-state index contributed by atoms with van der Waals surface area (Å²) >= 11 is 5.83. The Morgan fingerprint density at radius 1 is 1.16 bits per heavy atom. The number of nitrogens with one attached hydrogen (secondary N) is 1. The van der Waals surface area contributed by atoms with E-state index in [0.717, 1.165) is 23.0 Å². The molecule has 1 fully saturated rings. The van der Waals surface area contributed by atoms with E-state index in [1.807, 2.05) is 30.3 Å². The standard InChI is InChI=1S/C23H22ClF3N4O/c1-15(16-5-3-2-4-6-16)30-12-11-18(14-30)29-22(32)20-13-28-31(21(20)23(25,26)27)19-9-7-17(24)8-10-19/h2-10,13,15,18H,11-12,14H2,1H3,(H,29,32). The second kappa shape index (κ2) is 8.96. The number of nitrogens with zero attached hydrogens (tertiary/aromatic N) is 3. The second-order valence-corrected chi connectivity index (χ2v) is 8.27. The van der Waals surface area contributed by atoms with E-state index in [9.17, 15) is 18.0 Å². The molecule has 1 aliphatic rings. The Morgan fingerprint density at radius 3 is 2.50 bits per heavy atom. The van der Waals surface area contributed by atoms with E-state index < -0.39 is 23.3 Å². The van der Waals surface area contributed by atoms with Crippen LogP contribution >= 0.6 is 11.6 Å². The summed E-state index contributed by atoms with van der Waals surface area (Å²) < 4.78 is 42.3. The van der Waals surface area contributed by atoms with Gasteiger partial charge in [0.15, 0.2) is 5.69 Å². The Balaban J connectivity index is 1.51. The van der Waals surface area contributed by atoms with E-state index in [4.69, 9.17) is 11.6 Å². The summed E-state index contributed by atoms with van der Waals surface area (Å²) in [4.78, 5) is 15.0. The van der Waals surface area contributed by atoms with Crippen molar-refractivity contribution in [3.63, 3.8) is 0 Å². The van der Waals surface area contributed by atoms with Crippen molar-refractivity contribution >= 4 is 17.5 Å². The van der Waals surface area contributed by atoms with E-state index in [2.05, 4.69) is 22.2 Å². The smallest absolute Gasteiger partial charge is 0.348 e. The molecule has 4 rings (SSSR count).